The number of hydrogen-bond acceptors (Lipinski definition) is 2. The van der Waals surface area contributed by atoms with Crippen LogP contribution in [0.4, 0.5) is 5.69 Å². The van der Waals surface area contributed by atoms with Gasteiger partial charge >= 0.3 is 0 Å². The molecule has 0 aliphatic carbocycles. The van der Waals surface area contributed by atoms with Crippen molar-refractivity contribution in [1.29, 1.82) is 5.26 Å². The Morgan fingerprint density at radius 1 is 0.818 bits per heavy atom. The number of benzene rings is 3. The number of nitriles is 1. The number of hydrogen-bond donors (Lipinski definition) is 1. The van der Waals surface area contributed by atoms with Gasteiger partial charge in [-0.05, 0) is 41.8 Å². The van der Waals surface area contributed by atoms with Gasteiger partial charge in [0.05, 0.1) is 11.6 Å². The van der Waals surface area contributed by atoms with Crippen molar-refractivity contribution in [1.82, 2.24) is 0 Å². The monoisotopic (exact) mass is 284 g/mol. The first-order valence-corrected chi connectivity index (χ1v) is 7.15. The first-order chi connectivity index (χ1) is 10.7. The summed E-state index contributed by atoms with van der Waals surface area (Å²) in [7, 11) is 0. The average Bonchev–Trinajstić information content (AvgIpc) is 2.55. The molecule has 3 aromatic rings. The zero-order valence-electron chi connectivity index (χ0n) is 12.4. The lowest BCUT2D eigenvalue weighted by Crippen LogP contribution is -1.92. The quantitative estimate of drug-likeness (QED) is 0.688. The lowest BCUT2D eigenvalue weighted by Gasteiger charge is -2.13. The van der Waals surface area contributed by atoms with E-state index in [2.05, 4.69) is 31.2 Å². The van der Waals surface area contributed by atoms with Crippen LogP contribution in [0.5, 0.6) is 0 Å². The van der Waals surface area contributed by atoms with Gasteiger partial charge in [0.25, 0.3) is 0 Å². The third-order valence-corrected chi connectivity index (χ3v) is 3.75. The molecular formula is C20H16N2. The Bertz CT molecular complexity index is 856. The third kappa shape index (κ3) is 2.57. The Morgan fingerprint density at radius 3 is 2.23 bits per heavy atom. The Balaban J connectivity index is 2.20. The fraction of sp³-hybridized carbons (Fsp3) is 0.0500. The minimum absolute atomic E-state index is 0.664. The van der Waals surface area contributed by atoms with Crippen molar-refractivity contribution >= 4 is 5.69 Å². The fourth-order valence-electron chi connectivity index (χ4n) is 2.60. The van der Waals surface area contributed by atoms with E-state index in [9.17, 15) is 0 Å². The summed E-state index contributed by atoms with van der Waals surface area (Å²) in [5.41, 5.74) is 13.1. The van der Waals surface area contributed by atoms with Gasteiger partial charge in [-0.3, -0.25) is 0 Å². The van der Waals surface area contributed by atoms with E-state index in [1.165, 1.54) is 5.56 Å². The lowest BCUT2D eigenvalue weighted by atomic mass is 9.92. The van der Waals surface area contributed by atoms with Crippen LogP contribution in [0.1, 0.15) is 11.1 Å². The number of nitrogen functional groups attached to an aromatic ring is 1. The van der Waals surface area contributed by atoms with Crippen LogP contribution in [0.15, 0.2) is 66.7 Å². The summed E-state index contributed by atoms with van der Waals surface area (Å²) in [6, 6.07) is 24.0. The molecule has 0 spiro atoms. The largest absolute Gasteiger partial charge is 0.398 e. The van der Waals surface area contributed by atoms with Crippen LogP contribution in [-0.2, 0) is 0 Å². The maximum absolute atomic E-state index is 8.94. The topological polar surface area (TPSA) is 49.8 Å². The molecule has 22 heavy (non-hydrogen) atoms. The summed E-state index contributed by atoms with van der Waals surface area (Å²) in [5.74, 6) is 0. The van der Waals surface area contributed by atoms with E-state index in [-0.39, 0.29) is 0 Å². The van der Waals surface area contributed by atoms with Gasteiger partial charge in [-0.2, -0.15) is 5.26 Å². The van der Waals surface area contributed by atoms with Gasteiger partial charge in [0.1, 0.15) is 0 Å². The van der Waals surface area contributed by atoms with Crippen molar-refractivity contribution in [2.45, 2.75) is 6.92 Å². The molecule has 0 saturated heterocycles. The Morgan fingerprint density at radius 2 is 1.55 bits per heavy atom. The van der Waals surface area contributed by atoms with Gasteiger partial charge in [0.2, 0.25) is 0 Å². The van der Waals surface area contributed by atoms with E-state index < -0.39 is 0 Å². The van der Waals surface area contributed by atoms with E-state index in [0.717, 1.165) is 27.9 Å². The van der Waals surface area contributed by atoms with Gasteiger partial charge in [0, 0.05) is 11.3 Å². The van der Waals surface area contributed by atoms with Gasteiger partial charge in [0.15, 0.2) is 0 Å². The Labute approximate surface area is 130 Å². The van der Waals surface area contributed by atoms with Crippen molar-refractivity contribution in [3.63, 3.8) is 0 Å². The molecule has 2 N–H and O–H groups in total. The molecule has 3 rings (SSSR count). The van der Waals surface area contributed by atoms with E-state index >= 15 is 0 Å². The first-order valence-electron chi connectivity index (χ1n) is 7.15. The number of anilines is 1. The molecule has 2 heteroatoms. The maximum Gasteiger partial charge on any atom is 0.0991 e. The van der Waals surface area contributed by atoms with Crippen molar-refractivity contribution in [3.8, 4) is 28.3 Å². The number of para-hydroxylation sites is 1. The number of nitrogens with zero attached hydrogens (tertiary/aromatic N) is 1. The summed E-state index contributed by atoms with van der Waals surface area (Å²) < 4.78 is 0. The van der Waals surface area contributed by atoms with Crippen LogP contribution in [0.3, 0.4) is 0 Å². The standard InChI is InChI=1S/C20H16N2/c1-14-6-11-17(16-9-7-15(13-21)8-10-16)19(12-14)18-4-2-3-5-20(18)22/h2-12H,22H2,1H3. The van der Waals surface area contributed by atoms with Crippen LogP contribution in [0.25, 0.3) is 22.3 Å². The van der Waals surface area contributed by atoms with E-state index in [0.29, 0.717) is 5.56 Å². The van der Waals surface area contributed by atoms with Crippen molar-refractivity contribution in [3.05, 3.63) is 77.9 Å². The molecule has 0 bridgehead atoms. The van der Waals surface area contributed by atoms with Crippen LogP contribution in [0.2, 0.25) is 0 Å². The van der Waals surface area contributed by atoms with Gasteiger partial charge in [-0.15, -0.1) is 0 Å². The highest BCUT2D eigenvalue weighted by Gasteiger charge is 2.10. The van der Waals surface area contributed by atoms with Gasteiger partial charge < -0.3 is 5.73 Å². The van der Waals surface area contributed by atoms with E-state index in [1.807, 2.05) is 48.5 Å². The zero-order chi connectivity index (χ0) is 15.5. The van der Waals surface area contributed by atoms with Crippen LogP contribution in [0, 0.1) is 18.3 Å². The summed E-state index contributed by atoms with van der Waals surface area (Å²) >= 11 is 0. The zero-order valence-corrected chi connectivity index (χ0v) is 12.4. The highest BCUT2D eigenvalue weighted by Crippen LogP contribution is 2.35. The Kier molecular flexibility index (Phi) is 3.64. The fourth-order valence-corrected chi connectivity index (χ4v) is 2.60. The normalized spacial score (nSPS) is 10.2. The highest BCUT2D eigenvalue weighted by molar-refractivity contribution is 5.89. The van der Waals surface area contributed by atoms with Crippen molar-refractivity contribution in [2.24, 2.45) is 0 Å². The SMILES string of the molecule is Cc1ccc(-c2ccc(C#N)cc2)c(-c2ccccc2N)c1. The molecule has 0 atom stereocenters. The smallest absolute Gasteiger partial charge is 0.0991 e. The highest BCUT2D eigenvalue weighted by atomic mass is 14.6. The molecule has 0 aliphatic heterocycles. The van der Waals surface area contributed by atoms with Gasteiger partial charge in [-0.1, -0.05) is 54.1 Å². The predicted octanol–water partition coefficient (Wildman–Crippen LogP) is 4.78. The molecule has 0 amide bonds. The van der Waals surface area contributed by atoms with Crippen molar-refractivity contribution < 1.29 is 0 Å². The minimum Gasteiger partial charge on any atom is -0.398 e. The predicted molar refractivity (Wildman–Crippen MR) is 91.2 cm³/mol. The van der Waals surface area contributed by atoms with Crippen LogP contribution >= 0.6 is 0 Å². The molecule has 0 aliphatic rings. The Hall–Kier alpha value is -3.05. The van der Waals surface area contributed by atoms with Crippen LogP contribution in [-0.4, -0.2) is 0 Å². The second kappa shape index (κ2) is 5.75. The summed E-state index contributed by atoms with van der Waals surface area (Å²) in [4.78, 5) is 0. The second-order valence-electron chi connectivity index (χ2n) is 5.33. The summed E-state index contributed by atoms with van der Waals surface area (Å²) in [6.45, 7) is 2.07. The second-order valence-corrected chi connectivity index (χ2v) is 5.33. The molecule has 2 nitrogen and oxygen atoms in total. The summed E-state index contributed by atoms with van der Waals surface area (Å²) in [5, 5.41) is 8.94. The first kappa shape index (κ1) is 13.9. The minimum atomic E-state index is 0.664. The van der Waals surface area contributed by atoms with Crippen LogP contribution < -0.4 is 5.73 Å². The molecular weight excluding hydrogens is 268 g/mol. The molecule has 106 valence electrons. The lowest BCUT2D eigenvalue weighted by molar-refractivity contribution is 1.45. The molecule has 0 saturated carbocycles. The molecule has 0 heterocycles. The third-order valence-electron chi connectivity index (χ3n) is 3.75. The van der Waals surface area contributed by atoms with Crippen molar-refractivity contribution in [2.75, 3.05) is 5.73 Å². The average molecular weight is 284 g/mol. The van der Waals surface area contributed by atoms with E-state index in [1.54, 1.807) is 0 Å². The molecule has 0 fully saturated rings. The number of nitrogens with two attached hydrogens (primary N) is 1. The molecule has 3 aromatic carbocycles. The molecule has 0 unspecified atom stereocenters. The maximum atomic E-state index is 8.94. The number of aryl methyl sites for hydroxylation is 1. The molecule has 0 aromatic heterocycles. The molecule has 0 radical (unpaired) electrons. The summed E-state index contributed by atoms with van der Waals surface area (Å²) in [6.07, 6.45) is 0. The van der Waals surface area contributed by atoms with E-state index in [4.69, 9.17) is 11.0 Å². The number of rotatable bonds is 2. The van der Waals surface area contributed by atoms with Gasteiger partial charge in [-0.25, -0.2) is 0 Å².